The van der Waals surface area contributed by atoms with Crippen molar-refractivity contribution in [1.82, 2.24) is 10.3 Å². The normalized spacial score (nSPS) is 11.7. The van der Waals surface area contributed by atoms with Crippen LogP contribution in [-0.2, 0) is 16.6 Å². The van der Waals surface area contributed by atoms with E-state index >= 15 is 0 Å². The molecule has 0 saturated carbocycles. The number of nitrogens with one attached hydrogen (secondary N) is 2. The fourth-order valence-electron chi connectivity index (χ4n) is 3.21. The first kappa shape index (κ1) is 17.2. The third kappa shape index (κ3) is 3.58. The van der Waals surface area contributed by atoms with E-state index in [1.54, 1.807) is 12.1 Å². The lowest BCUT2D eigenvalue weighted by Crippen LogP contribution is -2.38. The zero-order valence-corrected chi connectivity index (χ0v) is 14.8. The maximum absolute atomic E-state index is 14.0. The summed E-state index contributed by atoms with van der Waals surface area (Å²) in [6.45, 7) is 6.23. The van der Waals surface area contributed by atoms with Crippen molar-refractivity contribution in [3.63, 3.8) is 0 Å². The molecule has 1 heterocycles. The lowest BCUT2D eigenvalue weighted by atomic mass is 9.84. The number of aryl methyl sites for hydroxylation is 1. The minimum atomic E-state index is -0.476. The van der Waals surface area contributed by atoms with Crippen LogP contribution in [0.15, 0.2) is 48.5 Å². The molecule has 0 aliphatic carbocycles. The van der Waals surface area contributed by atoms with Gasteiger partial charge in [-0.25, -0.2) is 4.39 Å². The Bertz CT molecular complexity index is 911. The van der Waals surface area contributed by atoms with Crippen molar-refractivity contribution >= 4 is 16.8 Å². The quantitative estimate of drug-likeness (QED) is 0.718. The van der Waals surface area contributed by atoms with Crippen molar-refractivity contribution in [2.45, 2.75) is 32.6 Å². The summed E-state index contributed by atoms with van der Waals surface area (Å²) in [5, 5.41) is 4.03. The number of carbonyl (C=O) groups is 1. The molecule has 3 aromatic rings. The van der Waals surface area contributed by atoms with Crippen LogP contribution < -0.4 is 5.32 Å². The van der Waals surface area contributed by atoms with Crippen LogP contribution in [0.1, 0.15) is 30.7 Å². The Balaban J connectivity index is 1.70. The van der Waals surface area contributed by atoms with Gasteiger partial charge in [-0.3, -0.25) is 4.79 Å². The molecular weight excluding hydrogens is 315 g/mol. The second-order valence-corrected chi connectivity index (χ2v) is 7.09. The molecule has 2 aromatic carbocycles. The van der Waals surface area contributed by atoms with Gasteiger partial charge < -0.3 is 10.3 Å². The molecule has 1 amide bonds. The Morgan fingerprint density at radius 2 is 1.80 bits per heavy atom. The highest BCUT2D eigenvalue weighted by Crippen LogP contribution is 2.25. The summed E-state index contributed by atoms with van der Waals surface area (Å²) in [6, 6.07) is 14.7. The maximum Gasteiger partial charge on any atom is 0.224 e. The van der Waals surface area contributed by atoms with E-state index in [1.165, 1.54) is 6.07 Å². The summed E-state index contributed by atoms with van der Waals surface area (Å²) in [5.41, 5.74) is 3.19. The molecule has 3 rings (SSSR count). The van der Waals surface area contributed by atoms with Gasteiger partial charge in [0.2, 0.25) is 5.91 Å². The molecule has 0 fully saturated rings. The van der Waals surface area contributed by atoms with Crippen LogP contribution in [0.25, 0.3) is 10.9 Å². The summed E-state index contributed by atoms with van der Waals surface area (Å²) in [6.07, 6.45) is 0.309. The van der Waals surface area contributed by atoms with E-state index in [-0.39, 0.29) is 11.7 Å². The number of halogens is 1. The van der Waals surface area contributed by atoms with Crippen LogP contribution in [0, 0.1) is 12.7 Å². The predicted octanol–water partition coefficient (Wildman–Crippen LogP) is 4.25. The standard InChI is InChI=1S/C21H23FN2O/c1-14-16(15-8-4-7-11-19(15)24-14)12-20(25)23-13-21(2,3)17-9-5-6-10-18(17)22/h4-11,24H,12-13H2,1-3H3,(H,23,25). The van der Waals surface area contributed by atoms with E-state index in [1.807, 2.05) is 51.1 Å². The number of rotatable bonds is 5. The van der Waals surface area contributed by atoms with Crippen molar-refractivity contribution in [3.05, 3.63) is 71.2 Å². The average Bonchev–Trinajstić information content (AvgIpc) is 2.89. The first-order chi connectivity index (χ1) is 11.9. The van der Waals surface area contributed by atoms with Crippen LogP contribution >= 0.6 is 0 Å². The van der Waals surface area contributed by atoms with Crippen molar-refractivity contribution in [2.24, 2.45) is 0 Å². The number of aromatic nitrogens is 1. The van der Waals surface area contributed by atoms with Gasteiger partial charge >= 0.3 is 0 Å². The number of H-pyrrole nitrogens is 1. The first-order valence-electron chi connectivity index (χ1n) is 8.46. The Hall–Kier alpha value is -2.62. The lowest BCUT2D eigenvalue weighted by molar-refractivity contribution is -0.120. The van der Waals surface area contributed by atoms with Gasteiger partial charge in [0.05, 0.1) is 6.42 Å². The van der Waals surface area contributed by atoms with E-state index in [4.69, 9.17) is 0 Å². The number of benzene rings is 2. The molecule has 0 aliphatic heterocycles. The number of aromatic amines is 1. The van der Waals surface area contributed by atoms with Crippen LogP contribution in [0.4, 0.5) is 4.39 Å². The Labute approximate surface area is 147 Å². The van der Waals surface area contributed by atoms with E-state index in [2.05, 4.69) is 10.3 Å². The van der Waals surface area contributed by atoms with E-state index in [9.17, 15) is 9.18 Å². The number of amides is 1. The Kier molecular flexibility index (Phi) is 4.62. The predicted molar refractivity (Wildman–Crippen MR) is 99.2 cm³/mol. The zero-order chi connectivity index (χ0) is 18.0. The molecule has 0 saturated heterocycles. The van der Waals surface area contributed by atoms with Gasteiger partial charge in [-0.05, 0) is 30.2 Å². The number of carbonyl (C=O) groups excluding carboxylic acids is 1. The Morgan fingerprint density at radius 3 is 2.56 bits per heavy atom. The van der Waals surface area contributed by atoms with Crippen molar-refractivity contribution in [3.8, 4) is 0 Å². The molecule has 130 valence electrons. The highest BCUT2D eigenvalue weighted by atomic mass is 19.1. The molecule has 0 spiro atoms. The number of hydrogen-bond donors (Lipinski definition) is 2. The van der Waals surface area contributed by atoms with Gasteiger partial charge in [-0.2, -0.15) is 0 Å². The summed E-state index contributed by atoms with van der Waals surface area (Å²) >= 11 is 0. The molecule has 0 unspecified atom stereocenters. The monoisotopic (exact) mass is 338 g/mol. The molecule has 1 aromatic heterocycles. The minimum absolute atomic E-state index is 0.0581. The Morgan fingerprint density at radius 1 is 1.12 bits per heavy atom. The van der Waals surface area contributed by atoms with Crippen LogP contribution in [0.3, 0.4) is 0 Å². The third-order valence-corrected chi connectivity index (χ3v) is 4.69. The zero-order valence-electron chi connectivity index (χ0n) is 14.8. The smallest absolute Gasteiger partial charge is 0.224 e. The molecule has 3 nitrogen and oxygen atoms in total. The minimum Gasteiger partial charge on any atom is -0.358 e. The van der Waals surface area contributed by atoms with Gasteiger partial charge in [0.25, 0.3) is 0 Å². The van der Waals surface area contributed by atoms with Crippen molar-refractivity contribution < 1.29 is 9.18 Å². The molecule has 0 aliphatic rings. The SMILES string of the molecule is Cc1[nH]c2ccccc2c1CC(=O)NCC(C)(C)c1ccccc1F. The van der Waals surface area contributed by atoms with Crippen LogP contribution in [-0.4, -0.2) is 17.4 Å². The largest absolute Gasteiger partial charge is 0.358 e. The topological polar surface area (TPSA) is 44.9 Å². The molecule has 0 atom stereocenters. The highest BCUT2D eigenvalue weighted by molar-refractivity contribution is 5.90. The van der Waals surface area contributed by atoms with Crippen LogP contribution in [0.2, 0.25) is 0 Å². The molecule has 25 heavy (non-hydrogen) atoms. The van der Waals surface area contributed by atoms with Gasteiger partial charge in [-0.15, -0.1) is 0 Å². The van der Waals surface area contributed by atoms with E-state index in [0.717, 1.165) is 22.2 Å². The fraction of sp³-hybridized carbons (Fsp3) is 0.286. The van der Waals surface area contributed by atoms with Gasteiger partial charge in [0.1, 0.15) is 5.82 Å². The number of para-hydroxylation sites is 1. The van der Waals surface area contributed by atoms with Crippen molar-refractivity contribution in [2.75, 3.05) is 6.54 Å². The highest BCUT2D eigenvalue weighted by Gasteiger charge is 2.24. The van der Waals surface area contributed by atoms with Gasteiger partial charge in [0, 0.05) is 28.6 Å². The summed E-state index contributed by atoms with van der Waals surface area (Å²) in [5.74, 6) is -0.300. The van der Waals surface area contributed by atoms with Crippen LogP contribution in [0.5, 0.6) is 0 Å². The molecule has 0 bridgehead atoms. The number of hydrogen-bond acceptors (Lipinski definition) is 1. The average molecular weight is 338 g/mol. The molecule has 0 radical (unpaired) electrons. The molecular formula is C21H23FN2O. The second kappa shape index (κ2) is 6.71. The van der Waals surface area contributed by atoms with E-state index in [0.29, 0.717) is 18.5 Å². The first-order valence-corrected chi connectivity index (χ1v) is 8.46. The third-order valence-electron chi connectivity index (χ3n) is 4.69. The van der Waals surface area contributed by atoms with Crippen molar-refractivity contribution in [1.29, 1.82) is 0 Å². The number of fused-ring (bicyclic) bond motifs is 1. The van der Waals surface area contributed by atoms with E-state index < -0.39 is 5.41 Å². The molecule has 2 N–H and O–H groups in total. The summed E-state index contributed by atoms with van der Waals surface area (Å²) in [7, 11) is 0. The second-order valence-electron chi connectivity index (χ2n) is 7.09. The molecule has 4 heteroatoms. The summed E-state index contributed by atoms with van der Waals surface area (Å²) in [4.78, 5) is 15.8. The maximum atomic E-state index is 14.0. The lowest BCUT2D eigenvalue weighted by Gasteiger charge is -2.26. The fourth-order valence-corrected chi connectivity index (χ4v) is 3.21. The summed E-state index contributed by atoms with van der Waals surface area (Å²) < 4.78 is 14.0. The van der Waals surface area contributed by atoms with Gasteiger partial charge in [-0.1, -0.05) is 50.2 Å². The van der Waals surface area contributed by atoms with Gasteiger partial charge in [0.15, 0.2) is 0 Å².